The average Bonchev–Trinajstić information content (AvgIpc) is 2.04. The Balaban J connectivity index is 3.17. The third-order valence-electron chi connectivity index (χ3n) is 1.21. The zero-order valence-corrected chi connectivity index (χ0v) is 7.17. The van der Waals surface area contributed by atoms with Crippen molar-refractivity contribution >= 4 is 17.1 Å². The minimum absolute atomic E-state index is 0.110. The number of aromatic nitrogens is 2. The number of hydrogen-bond acceptors (Lipinski definition) is 4. The van der Waals surface area contributed by atoms with Gasteiger partial charge in [-0.1, -0.05) is 0 Å². The summed E-state index contributed by atoms with van der Waals surface area (Å²) < 4.78 is 11.0. The fourth-order valence-corrected chi connectivity index (χ4v) is 1.38. The molecule has 0 fully saturated rings. The molecule has 1 atom stereocenters. The van der Waals surface area contributed by atoms with Crippen LogP contribution in [0.15, 0.2) is 17.6 Å². The average molecular weight is 185 g/mol. The molecule has 0 aliphatic rings. The molecule has 5 nitrogen and oxygen atoms in total. The van der Waals surface area contributed by atoms with Gasteiger partial charge in [-0.3, -0.25) is 4.79 Å². The summed E-state index contributed by atoms with van der Waals surface area (Å²) >= 11 is -1.31. The summed E-state index contributed by atoms with van der Waals surface area (Å²) in [4.78, 5) is 18.0. The Kier molecular flexibility index (Phi) is 2.61. The van der Waals surface area contributed by atoms with E-state index in [2.05, 4.69) is 9.97 Å². The van der Waals surface area contributed by atoms with E-state index in [0.717, 1.165) is 0 Å². The van der Waals surface area contributed by atoms with E-state index in [1.807, 2.05) is 0 Å². The fraction of sp³-hybridized carbons (Fsp3) is 0.167. The van der Waals surface area contributed by atoms with E-state index in [9.17, 15) is 9.35 Å². The van der Waals surface area contributed by atoms with Crippen molar-refractivity contribution in [1.29, 1.82) is 0 Å². The van der Waals surface area contributed by atoms with Gasteiger partial charge in [0.15, 0.2) is 0 Å². The normalized spacial score (nSPS) is 12.5. The van der Waals surface area contributed by atoms with Crippen LogP contribution in [0.5, 0.6) is 0 Å². The number of amides is 1. The summed E-state index contributed by atoms with van der Waals surface area (Å²) in [7, 11) is 0. The second-order valence-electron chi connectivity index (χ2n) is 2.06. The van der Waals surface area contributed by atoms with Gasteiger partial charge < -0.3 is 10.3 Å². The van der Waals surface area contributed by atoms with Crippen molar-refractivity contribution in [3.05, 3.63) is 18.1 Å². The number of rotatable bonds is 2. The van der Waals surface area contributed by atoms with E-state index in [1.54, 1.807) is 0 Å². The zero-order chi connectivity index (χ0) is 9.14. The van der Waals surface area contributed by atoms with Gasteiger partial charge in [0, 0.05) is 17.4 Å². The van der Waals surface area contributed by atoms with E-state index < -0.39 is 17.1 Å². The lowest BCUT2D eigenvalue weighted by Gasteiger charge is -2.04. The minimum atomic E-state index is -1.31. The molecular formula is C6H7N3O2S. The zero-order valence-electron chi connectivity index (χ0n) is 6.35. The Morgan fingerprint density at radius 3 is 2.83 bits per heavy atom. The number of nitrogens with two attached hydrogens (primary N) is 1. The maximum absolute atomic E-state index is 11.0. The van der Waals surface area contributed by atoms with Crippen LogP contribution in [0.2, 0.25) is 0 Å². The van der Waals surface area contributed by atoms with Crippen LogP contribution in [-0.2, 0) is 11.2 Å². The van der Waals surface area contributed by atoms with Gasteiger partial charge in [-0.2, -0.15) is 4.98 Å². The molecule has 0 saturated carbocycles. The number of carbonyl (C=O) groups is 1. The summed E-state index contributed by atoms with van der Waals surface area (Å²) in [5, 5.41) is 0.178. The Hall–Kier alpha value is -1.14. The monoisotopic (exact) mass is 185 g/mol. The Morgan fingerprint density at radius 2 is 2.42 bits per heavy atom. The highest BCUT2D eigenvalue weighted by molar-refractivity contribution is 7.90. The van der Waals surface area contributed by atoms with E-state index in [-0.39, 0.29) is 10.6 Å². The molecule has 1 heterocycles. The molecule has 0 aliphatic carbocycles. The lowest BCUT2D eigenvalue weighted by molar-refractivity contribution is 0.0996. The fourth-order valence-electron chi connectivity index (χ4n) is 0.716. The number of carbonyl (C=O) groups excluding carboxylic acids is 1. The van der Waals surface area contributed by atoms with Crippen molar-refractivity contribution in [2.45, 2.75) is 5.03 Å². The van der Waals surface area contributed by atoms with Crippen LogP contribution in [0.1, 0.15) is 10.4 Å². The van der Waals surface area contributed by atoms with Crippen LogP contribution in [0.3, 0.4) is 0 Å². The minimum Gasteiger partial charge on any atom is -0.610 e. The Labute approximate surface area is 72.2 Å². The molecule has 0 spiro atoms. The molecule has 1 aromatic heterocycles. The van der Waals surface area contributed by atoms with Gasteiger partial charge in [0.25, 0.3) is 10.9 Å². The molecule has 1 rings (SSSR count). The van der Waals surface area contributed by atoms with Crippen LogP contribution in [0.4, 0.5) is 0 Å². The van der Waals surface area contributed by atoms with E-state index in [1.165, 1.54) is 18.8 Å². The van der Waals surface area contributed by atoms with Crippen LogP contribution < -0.4 is 5.73 Å². The first-order valence-electron chi connectivity index (χ1n) is 3.06. The second-order valence-corrected chi connectivity index (χ2v) is 3.35. The quantitative estimate of drug-likeness (QED) is 0.487. The van der Waals surface area contributed by atoms with Gasteiger partial charge in [-0.15, -0.1) is 0 Å². The molecule has 12 heavy (non-hydrogen) atoms. The van der Waals surface area contributed by atoms with Crippen molar-refractivity contribution in [2.24, 2.45) is 5.73 Å². The summed E-state index contributed by atoms with van der Waals surface area (Å²) in [5.74, 6) is -0.666. The first-order chi connectivity index (χ1) is 5.63. The largest absolute Gasteiger partial charge is 0.610 e. The maximum atomic E-state index is 11.0. The van der Waals surface area contributed by atoms with Crippen LogP contribution in [-0.4, -0.2) is 26.7 Å². The molecule has 1 unspecified atom stereocenters. The number of nitrogens with zero attached hydrogens (tertiary/aromatic N) is 2. The van der Waals surface area contributed by atoms with Crippen molar-refractivity contribution in [1.82, 2.24) is 9.97 Å². The molecule has 64 valence electrons. The number of primary amides is 1. The molecule has 0 aromatic carbocycles. The smallest absolute Gasteiger partial charge is 0.260 e. The highest BCUT2D eigenvalue weighted by Gasteiger charge is 2.17. The highest BCUT2D eigenvalue weighted by Crippen LogP contribution is 2.09. The molecule has 0 aliphatic heterocycles. The molecular weight excluding hydrogens is 178 g/mol. The Morgan fingerprint density at radius 1 is 1.75 bits per heavy atom. The molecule has 0 radical (unpaired) electrons. The van der Waals surface area contributed by atoms with Crippen molar-refractivity contribution in [3.8, 4) is 0 Å². The van der Waals surface area contributed by atoms with Crippen molar-refractivity contribution in [2.75, 3.05) is 6.26 Å². The van der Waals surface area contributed by atoms with Crippen molar-refractivity contribution < 1.29 is 9.35 Å². The first kappa shape index (κ1) is 8.95. The van der Waals surface area contributed by atoms with Crippen LogP contribution in [0, 0.1) is 0 Å². The predicted octanol–water partition coefficient (Wildman–Crippen LogP) is -0.687. The predicted molar refractivity (Wildman–Crippen MR) is 42.9 cm³/mol. The molecule has 0 bridgehead atoms. The standard InChI is InChI=1S/C6H7N3O2S/c1-12(11)6-4(5(7)10)2-8-3-9-6/h2-3H,1H3,(H2,7,10). The van der Waals surface area contributed by atoms with E-state index in [4.69, 9.17) is 5.73 Å². The van der Waals surface area contributed by atoms with Crippen LogP contribution >= 0.6 is 0 Å². The number of hydrogen-bond donors (Lipinski definition) is 1. The third kappa shape index (κ3) is 1.72. The van der Waals surface area contributed by atoms with Gasteiger partial charge in [0.1, 0.15) is 18.1 Å². The first-order valence-corrected chi connectivity index (χ1v) is 4.62. The lowest BCUT2D eigenvalue weighted by Crippen LogP contribution is -2.17. The highest BCUT2D eigenvalue weighted by atomic mass is 32.2. The SMILES string of the molecule is C[S+]([O-])c1ncncc1C(N)=O. The molecule has 1 amide bonds. The van der Waals surface area contributed by atoms with Gasteiger partial charge in [0.2, 0.25) is 0 Å². The van der Waals surface area contributed by atoms with E-state index >= 15 is 0 Å². The van der Waals surface area contributed by atoms with Gasteiger partial charge in [0.05, 0.1) is 0 Å². The summed E-state index contributed by atoms with van der Waals surface area (Å²) in [5.41, 5.74) is 5.11. The Bertz CT molecular complexity index is 303. The molecule has 1 aromatic rings. The van der Waals surface area contributed by atoms with Gasteiger partial charge in [-0.25, -0.2) is 4.98 Å². The van der Waals surface area contributed by atoms with Gasteiger partial charge >= 0.3 is 0 Å². The second kappa shape index (κ2) is 3.51. The van der Waals surface area contributed by atoms with Gasteiger partial charge in [-0.05, 0) is 0 Å². The summed E-state index contributed by atoms with van der Waals surface area (Å²) in [6.45, 7) is 0. The molecule has 6 heteroatoms. The van der Waals surface area contributed by atoms with E-state index in [0.29, 0.717) is 0 Å². The summed E-state index contributed by atoms with van der Waals surface area (Å²) in [6, 6.07) is 0. The maximum Gasteiger partial charge on any atom is 0.260 e. The molecule has 2 N–H and O–H groups in total. The lowest BCUT2D eigenvalue weighted by atomic mass is 10.3. The van der Waals surface area contributed by atoms with Crippen LogP contribution in [0.25, 0.3) is 0 Å². The van der Waals surface area contributed by atoms with Crippen molar-refractivity contribution in [3.63, 3.8) is 0 Å². The topological polar surface area (TPSA) is 91.9 Å². The molecule has 0 saturated heterocycles. The summed E-state index contributed by atoms with van der Waals surface area (Å²) in [6.07, 6.45) is 3.91. The third-order valence-corrected chi connectivity index (χ3v) is 2.08.